The summed E-state index contributed by atoms with van der Waals surface area (Å²) in [6.07, 6.45) is 0. The fourth-order valence-corrected chi connectivity index (χ4v) is 0. The van der Waals surface area contributed by atoms with Crippen LogP contribution >= 0.6 is 0 Å². The van der Waals surface area contributed by atoms with Crippen LogP contribution in [0.25, 0.3) is 0 Å². The van der Waals surface area contributed by atoms with Crippen molar-refractivity contribution >= 4 is 0 Å². The molecule has 20 heavy (non-hydrogen) atoms. The maximum atomic E-state index is 8.25. The van der Waals surface area contributed by atoms with Gasteiger partial charge in [0.1, 0.15) is 0 Å². The first-order valence-electron chi connectivity index (χ1n) is 3.21. The first-order valence-corrected chi connectivity index (χ1v) is 3.21. The molecule has 0 saturated carbocycles. The summed E-state index contributed by atoms with van der Waals surface area (Å²) in [5.41, 5.74) is 0. The first kappa shape index (κ1) is 36.1. The molecule has 1 N–H and O–H groups in total. The van der Waals surface area contributed by atoms with Gasteiger partial charge in [0.15, 0.2) is 0 Å². The van der Waals surface area contributed by atoms with Crippen molar-refractivity contribution < 1.29 is 51.7 Å². The van der Waals surface area contributed by atoms with Crippen LogP contribution in [0.4, 0.5) is 0 Å². The molecule has 116 valence electrons. The second kappa shape index (κ2) is 36.0. The molecule has 0 fully saturated rings. The van der Waals surface area contributed by atoms with Gasteiger partial charge in [0.05, 0.1) is 20.3 Å². The van der Waals surface area contributed by atoms with Gasteiger partial charge in [-0.05, 0) is 6.92 Å². The molecule has 0 aromatic carbocycles. The number of hydrogen-bond donors (Lipinski definition) is 1. The van der Waals surface area contributed by atoms with Gasteiger partial charge in [0.25, 0.3) is 0 Å². The van der Waals surface area contributed by atoms with Crippen molar-refractivity contribution in [2.75, 3.05) is 6.61 Å². The van der Waals surface area contributed by atoms with Crippen LogP contribution in [0.3, 0.4) is 0 Å². The minimum Gasteiger partial charge on any atom is -0.397 e. The van der Waals surface area contributed by atoms with E-state index < -0.39 is 20.3 Å². The van der Waals surface area contributed by atoms with Crippen LogP contribution in [0.2, 0.25) is 0 Å². The standard InChI is InChI=1S/C2H6O.4NO3.Zr/c1-2-3;4*2-1(3)4;/h3H,2H2,1H3;;;;;/q;4*-1;+4. The SMILES string of the molecule is CCO.O=[N+]([O-])[O-].O=[N+]([O-])[O-].O=[N+]([O-])[O-].O=[N+]([O-])[O-].[Zr+4]. The molecule has 17 nitrogen and oxygen atoms in total. The molecule has 18 heteroatoms. The molecule has 0 aliphatic rings. The van der Waals surface area contributed by atoms with Gasteiger partial charge in [-0.3, -0.25) is 0 Å². The van der Waals surface area contributed by atoms with E-state index in [-0.39, 0.29) is 32.8 Å². The van der Waals surface area contributed by atoms with Crippen molar-refractivity contribution in [1.29, 1.82) is 0 Å². The van der Waals surface area contributed by atoms with Gasteiger partial charge in [-0.15, -0.1) is 0 Å². The van der Waals surface area contributed by atoms with E-state index in [4.69, 9.17) is 66.4 Å². The van der Waals surface area contributed by atoms with Crippen LogP contribution in [-0.4, -0.2) is 32.1 Å². The Morgan fingerprint density at radius 1 is 0.650 bits per heavy atom. The zero-order valence-electron chi connectivity index (χ0n) is 9.34. The zero-order chi connectivity index (χ0) is 17.0. The molecule has 0 rings (SSSR count). The molecule has 0 unspecified atom stereocenters. The van der Waals surface area contributed by atoms with E-state index in [0.717, 1.165) is 0 Å². The quantitative estimate of drug-likeness (QED) is 0.388. The van der Waals surface area contributed by atoms with E-state index in [2.05, 4.69) is 0 Å². The molecule has 0 heterocycles. The second-order valence-electron chi connectivity index (χ2n) is 1.21. The second-order valence-corrected chi connectivity index (χ2v) is 1.21. The summed E-state index contributed by atoms with van der Waals surface area (Å²) in [6.45, 7) is 1.93. The zero-order valence-corrected chi connectivity index (χ0v) is 11.8. The largest absolute Gasteiger partial charge is 4.00 e. The van der Waals surface area contributed by atoms with Crippen LogP contribution in [0.15, 0.2) is 0 Å². The van der Waals surface area contributed by atoms with E-state index in [9.17, 15) is 0 Å². The molecule has 0 bridgehead atoms. The van der Waals surface area contributed by atoms with Gasteiger partial charge < -0.3 is 66.4 Å². The van der Waals surface area contributed by atoms with Crippen molar-refractivity contribution in [3.8, 4) is 0 Å². The maximum Gasteiger partial charge on any atom is 4.00 e. The van der Waals surface area contributed by atoms with Crippen molar-refractivity contribution in [1.82, 2.24) is 0 Å². The summed E-state index contributed by atoms with van der Waals surface area (Å²) in [7, 11) is 0. The molecule has 0 atom stereocenters. The minimum atomic E-state index is -1.75. The van der Waals surface area contributed by atoms with E-state index in [0.29, 0.717) is 0 Å². The Hall–Kier alpha value is -2.36. The van der Waals surface area contributed by atoms with Gasteiger partial charge >= 0.3 is 26.2 Å². The number of hydrogen-bond acceptors (Lipinski definition) is 13. The molecular weight excluding hydrogens is 379 g/mol. The van der Waals surface area contributed by atoms with Crippen LogP contribution in [0, 0.1) is 61.3 Å². The van der Waals surface area contributed by atoms with Gasteiger partial charge in [-0.2, -0.15) is 0 Å². The van der Waals surface area contributed by atoms with Gasteiger partial charge in [-0.25, -0.2) is 0 Å². The van der Waals surface area contributed by atoms with Crippen LogP contribution in [0.5, 0.6) is 0 Å². The Balaban J connectivity index is -0.0000000304. The number of rotatable bonds is 0. The molecule has 0 saturated heterocycles. The number of aliphatic hydroxyl groups is 1. The monoisotopic (exact) mass is 384 g/mol. The Labute approximate surface area is 127 Å². The van der Waals surface area contributed by atoms with E-state index in [1.54, 1.807) is 6.92 Å². The molecule has 0 aromatic rings. The summed E-state index contributed by atoms with van der Waals surface area (Å²) >= 11 is 0. The molecule has 0 amide bonds. The molecule has 0 aliphatic carbocycles. The van der Waals surface area contributed by atoms with Gasteiger partial charge in [-0.1, -0.05) is 0 Å². The Morgan fingerprint density at radius 3 is 0.650 bits per heavy atom. The normalized spacial score (nSPS) is 5.70. The Kier molecular flexibility index (Phi) is 64.8. The van der Waals surface area contributed by atoms with E-state index in [1.165, 1.54) is 0 Å². The maximum absolute atomic E-state index is 8.25. The van der Waals surface area contributed by atoms with Crippen molar-refractivity contribution in [2.24, 2.45) is 0 Å². The molecule has 0 aliphatic heterocycles. The third-order valence-corrected chi connectivity index (χ3v) is 0. The van der Waals surface area contributed by atoms with Crippen molar-refractivity contribution in [3.05, 3.63) is 61.3 Å². The average molecular weight is 385 g/mol. The summed E-state index contributed by atoms with van der Waals surface area (Å²) in [6, 6.07) is 0. The smallest absolute Gasteiger partial charge is 0.397 e. The molecule has 0 spiro atoms. The minimum absolute atomic E-state index is 0. The predicted molar refractivity (Wildman–Crippen MR) is 54.2 cm³/mol. The number of nitrogens with zero attached hydrogens (tertiary/aromatic N) is 4. The van der Waals surface area contributed by atoms with E-state index in [1.807, 2.05) is 0 Å². The topological polar surface area (TPSA) is 285 Å². The predicted octanol–water partition coefficient (Wildman–Crippen LogP) is -0.960. The fraction of sp³-hybridized carbons (Fsp3) is 1.00. The molecule has 0 aromatic heterocycles. The first-order chi connectivity index (χ1) is 8.34. The van der Waals surface area contributed by atoms with Crippen LogP contribution in [0.1, 0.15) is 6.92 Å². The van der Waals surface area contributed by atoms with Gasteiger partial charge in [0.2, 0.25) is 0 Å². The summed E-state index contributed by atoms with van der Waals surface area (Å²) < 4.78 is 0. The Bertz CT molecular complexity index is 181. The molecule has 0 radical (unpaired) electrons. The van der Waals surface area contributed by atoms with Gasteiger partial charge in [0, 0.05) is 6.61 Å². The summed E-state index contributed by atoms with van der Waals surface area (Å²) in [4.78, 5) is 33.0. The van der Waals surface area contributed by atoms with Crippen LogP contribution < -0.4 is 0 Å². The Morgan fingerprint density at radius 2 is 0.650 bits per heavy atom. The summed E-state index contributed by atoms with van der Waals surface area (Å²) in [5.74, 6) is 0. The number of aliphatic hydroxyl groups excluding tert-OH is 1. The third-order valence-electron chi connectivity index (χ3n) is 0. The third kappa shape index (κ3) is 604. The fourth-order valence-electron chi connectivity index (χ4n) is 0. The van der Waals surface area contributed by atoms with E-state index >= 15 is 0 Å². The van der Waals surface area contributed by atoms with Crippen molar-refractivity contribution in [2.45, 2.75) is 6.92 Å². The summed E-state index contributed by atoms with van der Waals surface area (Å²) in [5, 5.41) is 66.6. The average Bonchev–Trinajstić information content (AvgIpc) is 1.97. The van der Waals surface area contributed by atoms with Crippen molar-refractivity contribution in [3.63, 3.8) is 0 Å². The molecular formula is C2H6N4O13Zr. The van der Waals surface area contributed by atoms with Crippen LogP contribution in [-0.2, 0) is 26.2 Å².